The summed E-state index contributed by atoms with van der Waals surface area (Å²) in [5.74, 6) is -6.58. The molecule has 6 N–H and O–H groups in total. The SMILES string of the molecule is C=C(C)[C@H](NC(O)CN1C(=O)C=CC1=O)C(=O)N[C@@H](C)C(=O)N[C@@H](CCN(C(=O)CO)[C@@H](c1cc(-c2cc(F)ccc2F)cn1Cc1ccccc1)C(C)(C)C)C(=O)O. The highest BCUT2D eigenvalue weighted by molar-refractivity contribution is 6.12. The summed E-state index contributed by atoms with van der Waals surface area (Å²) < 4.78 is 31.3. The number of carboxylic acid groups (broad SMARTS) is 1. The number of carbonyl (C=O) groups is 6. The van der Waals surface area contributed by atoms with Crippen molar-refractivity contribution in [1.29, 1.82) is 0 Å². The molecule has 1 aliphatic heterocycles. The summed E-state index contributed by atoms with van der Waals surface area (Å²) in [5.41, 5.74) is 1.05. The van der Waals surface area contributed by atoms with Crippen molar-refractivity contribution in [3.8, 4) is 11.1 Å². The van der Waals surface area contributed by atoms with Crippen molar-refractivity contribution in [1.82, 2.24) is 30.3 Å². The molecule has 1 aromatic heterocycles. The lowest BCUT2D eigenvalue weighted by atomic mass is 9.82. The maximum absolute atomic E-state index is 15.1. The fourth-order valence-corrected chi connectivity index (χ4v) is 6.76. The summed E-state index contributed by atoms with van der Waals surface area (Å²) in [6.45, 7) is 10.5. The maximum Gasteiger partial charge on any atom is 0.326 e. The van der Waals surface area contributed by atoms with Crippen LogP contribution in [0.3, 0.4) is 0 Å². The van der Waals surface area contributed by atoms with E-state index in [1.54, 1.807) is 16.8 Å². The monoisotopic (exact) mass is 820 g/mol. The van der Waals surface area contributed by atoms with Gasteiger partial charge in [0.05, 0.1) is 12.6 Å². The van der Waals surface area contributed by atoms with Crippen LogP contribution in [0.15, 0.2) is 85.1 Å². The maximum atomic E-state index is 15.1. The molecule has 0 bridgehead atoms. The average Bonchev–Trinajstić information content (AvgIpc) is 3.72. The smallest absolute Gasteiger partial charge is 0.326 e. The van der Waals surface area contributed by atoms with Gasteiger partial charge in [-0.05, 0) is 55.5 Å². The predicted molar refractivity (Wildman–Crippen MR) is 212 cm³/mol. The minimum absolute atomic E-state index is 0.0187. The van der Waals surface area contributed by atoms with E-state index < -0.39 is 96.1 Å². The van der Waals surface area contributed by atoms with Crippen LogP contribution >= 0.6 is 0 Å². The second kappa shape index (κ2) is 19.6. The lowest BCUT2D eigenvalue weighted by molar-refractivity contribution is -0.144. The molecule has 4 rings (SSSR count). The van der Waals surface area contributed by atoms with Crippen LogP contribution in [0.1, 0.15) is 58.3 Å². The fourth-order valence-electron chi connectivity index (χ4n) is 6.76. The molecule has 1 aliphatic rings. The van der Waals surface area contributed by atoms with Crippen LogP contribution < -0.4 is 16.0 Å². The van der Waals surface area contributed by atoms with Gasteiger partial charge in [0.25, 0.3) is 11.8 Å². The minimum Gasteiger partial charge on any atom is -0.480 e. The second-order valence-electron chi connectivity index (χ2n) is 15.4. The Morgan fingerprint density at radius 3 is 2.17 bits per heavy atom. The zero-order chi connectivity index (χ0) is 43.8. The van der Waals surface area contributed by atoms with E-state index in [1.165, 1.54) is 18.7 Å². The van der Waals surface area contributed by atoms with E-state index in [4.69, 9.17) is 0 Å². The molecule has 0 saturated heterocycles. The van der Waals surface area contributed by atoms with Crippen LogP contribution in [0.25, 0.3) is 11.1 Å². The minimum atomic E-state index is -1.59. The van der Waals surface area contributed by atoms with Crippen LogP contribution in [-0.4, -0.2) is 109 Å². The predicted octanol–water partition coefficient (Wildman–Crippen LogP) is 2.63. The summed E-state index contributed by atoms with van der Waals surface area (Å²) in [6.07, 6.45) is 1.81. The van der Waals surface area contributed by atoms with Crippen LogP contribution in [0.4, 0.5) is 8.78 Å². The number of nitrogens with zero attached hydrogens (tertiary/aromatic N) is 3. The van der Waals surface area contributed by atoms with Gasteiger partial charge in [0.2, 0.25) is 17.7 Å². The van der Waals surface area contributed by atoms with Gasteiger partial charge >= 0.3 is 5.97 Å². The normalized spacial score (nSPS) is 15.3. The van der Waals surface area contributed by atoms with Crippen molar-refractivity contribution in [2.45, 2.75) is 78.0 Å². The first-order valence-electron chi connectivity index (χ1n) is 18.8. The van der Waals surface area contributed by atoms with Crippen LogP contribution in [-0.2, 0) is 35.3 Å². The number of rotatable bonds is 19. The molecular weight excluding hydrogens is 770 g/mol. The standard InChI is InChI=1S/C42H50F2N6O9/c1-24(2)37(47-33(52)22-50-34(53)14-15-35(50)54)40(57)45-25(3)39(56)46-31(41(58)59)16-17-49(36(55)23-51)38(42(4,5)6)32-18-27(29-19-28(43)12-13-30(29)44)21-48(32)20-26-10-8-7-9-11-26/h7-15,18-19,21,25,31,33,37-38,47,51-52H,1,16-17,20,22-23H2,2-6H3,(H,45,57)(H,46,56)(H,58,59)/t25-,31-,33?,37-,38-/m0/s1. The molecular formula is C42H50F2N6O9. The summed E-state index contributed by atoms with van der Waals surface area (Å²) >= 11 is 0. The van der Waals surface area contributed by atoms with Crippen molar-refractivity contribution < 1.29 is 52.9 Å². The summed E-state index contributed by atoms with van der Waals surface area (Å²) in [7, 11) is 0. The first-order chi connectivity index (χ1) is 27.7. The number of halogens is 2. The summed E-state index contributed by atoms with van der Waals surface area (Å²) in [5, 5.41) is 38.2. The van der Waals surface area contributed by atoms with Crippen molar-refractivity contribution >= 4 is 35.5 Å². The molecule has 0 radical (unpaired) electrons. The van der Waals surface area contributed by atoms with Crippen molar-refractivity contribution in [3.05, 3.63) is 108 Å². The van der Waals surface area contributed by atoms with E-state index in [-0.39, 0.29) is 30.6 Å². The Balaban J connectivity index is 1.56. The van der Waals surface area contributed by atoms with E-state index >= 15 is 4.39 Å². The average molecular weight is 821 g/mol. The molecule has 0 fully saturated rings. The molecule has 3 aromatic rings. The molecule has 316 valence electrons. The van der Waals surface area contributed by atoms with Gasteiger partial charge in [0.1, 0.15) is 42.6 Å². The topological polar surface area (TPSA) is 211 Å². The number of carboxylic acids is 1. The van der Waals surface area contributed by atoms with E-state index in [1.807, 2.05) is 51.1 Å². The van der Waals surface area contributed by atoms with Crippen LogP contribution in [0.5, 0.6) is 0 Å². The van der Waals surface area contributed by atoms with Crippen molar-refractivity contribution in [3.63, 3.8) is 0 Å². The van der Waals surface area contributed by atoms with Gasteiger partial charge in [0.15, 0.2) is 0 Å². The van der Waals surface area contributed by atoms with Gasteiger partial charge in [-0.15, -0.1) is 0 Å². The number of imide groups is 1. The number of benzene rings is 2. The first-order valence-corrected chi connectivity index (χ1v) is 18.8. The van der Waals surface area contributed by atoms with E-state index in [2.05, 4.69) is 22.5 Å². The number of aromatic nitrogens is 1. The van der Waals surface area contributed by atoms with E-state index in [0.29, 0.717) is 11.3 Å². The van der Waals surface area contributed by atoms with Gasteiger partial charge in [0, 0.05) is 48.3 Å². The number of carbonyl (C=O) groups excluding carboxylic acids is 5. The second-order valence-corrected chi connectivity index (χ2v) is 15.4. The summed E-state index contributed by atoms with van der Waals surface area (Å²) in [6, 6.07) is 8.88. The van der Waals surface area contributed by atoms with Crippen LogP contribution in [0.2, 0.25) is 0 Å². The molecule has 15 nitrogen and oxygen atoms in total. The number of aliphatic hydroxyl groups excluding tert-OH is 2. The zero-order valence-corrected chi connectivity index (χ0v) is 33.4. The Morgan fingerprint density at radius 2 is 1.59 bits per heavy atom. The number of aliphatic carboxylic acids is 1. The fraction of sp³-hybridized carbons (Fsp3) is 0.381. The highest BCUT2D eigenvalue weighted by atomic mass is 19.1. The van der Waals surface area contributed by atoms with Crippen LogP contribution in [0, 0.1) is 17.0 Å². The van der Waals surface area contributed by atoms with Gasteiger partial charge < -0.3 is 35.4 Å². The third kappa shape index (κ3) is 11.8. The molecule has 17 heteroatoms. The van der Waals surface area contributed by atoms with Gasteiger partial charge in [-0.1, -0.05) is 63.3 Å². The van der Waals surface area contributed by atoms with Gasteiger partial charge in [-0.25, -0.2) is 13.6 Å². The highest BCUT2D eigenvalue weighted by Gasteiger charge is 2.38. The van der Waals surface area contributed by atoms with Gasteiger partial charge in [-0.3, -0.25) is 34.2 Å². The molecule has 0 spiro atoms. The molecule has 5 atom stereocenters. The number of β-amino-alcohol motifs (C(OH)–C–C–N with tert-alkyl or cyclic N) is 1. The third-order valence-corrected chi connectivity index (χ3v) is 9.63. The Hall–Kier alpha value is -6.04. The Bertz CT molecular complexity index is 2080. The van der Waals surface area contributed by atoms with Gasteiger partial charge in [-0.2, -0.15) is 0 Å². The number of hydrogen-bond acceptors (Lipinski definition) is 9. The number of nitrogens with one attached hydrogen (secondary N) is 3. The highest BCUT2D eigenvalue weighted by Crippen LogP contribution is 2.41. The Kier molecular flexibility index (Phi) is 15.2. The Labute approximate surface area is 340 Å². The molecule has 0 aliphatic carbocycles. The lowest BCUT2D eigenvalue weighted by Crippen LogP contribution is -2.57. The lowest BCUT2D eigenvalue weighted by Gasteiger charge is -2.41. The molecule has 59 heavy (non-hydrogen) atoms. The Morgan fingerprint density at radius 1 is 0.949 bits per heavy atom. The number of amides is 5. The zero-order valence-electron chi connectivity index (χ0n) is 33.4. The first kappa shape index (κ1) is 45.7. The number of hydrogen-bond donors (Lipinski definition) is 6. The number of aliphatic hydroxyl groups is 2. The van der Waals surface area contributed by atoms with E-state index in [9.17, 15) is 48.5 Å². The summed E-state index contributed by atoms with van der Waals surface area (Å²) in [4.78, 5) is 78.5. The molecule has 2 heterocycles. The van der Waals surface area contributed by atoms with Crippen molar-refractivity contribution in [2.75, 3.05) is 19.7 Å². The molecule has 1 unspecified atom stereocenters. The van der Waals surface area contributed by atoms with Crippen molar-refractivity contribution in [2.24, 2.45) is 5.41 Å². The molecule has 2 aromatic carbocycles. The molecule has 5 amide bonds. The largest absolute Gasteiger partial charge is 0.480 e. The third-order valence-electron chi connectivity index (χ3n) is 9.63. The quantitative estimate of drug-likeness (QED) is 0.0592. The molecule has 0 saturated carbocycles. The van der Waals surface area contributed by atoms with E-state index in [0.717, 1.165) is 40.8 Å².